The molecule has 0 aliphatic rings. The zero-order chi connectivity index (χ0) is 12.0. The van der Waals surface area contributed by atoms with E-state index in [-0.39, 0.29) is 12.8 Å². The zero-order valence-corrected chi connectivity index (χ0v) is 8.59. The van der Waals surface area contributed by atoms with E-state index in [0.29, 0.717) is 5.56 Å². The van der Waals surface area contributed by atoms with Crippen molar-refractivity contribution in [2.75, 3.05) is 0 Å². The molecule has 0 saturated carbocycles. The van der Waals surface area contributed by atoms with Gasteiger partial charge in [0.2, 0.25) is 0 Å². The van der Waals surface area contributed by atoms with Gasteiger partial charge in [-0.15, -0.1) is 0 Å². The average molecular weight is 220 g/mol. The quantitative estimate of drug-likeness (QED) is 0.793. The molecule has 0 radical (unpaired) electrons. The first-order valence-electron chi connectivity index (χ1n) is 4.77. The largest absolute Gasteiger partial charge is 0.481 e. The number of carbonyl (C=O) groups is 2. The maximum atomic E-state index is 10.6. The second kappa shape index (κ2) is 5.70. The van der Waals surface area contributed by atoms with Crippen LogP contribution in [0.15, 0.2) is 30.3 Å². The second-order valence-corrected chi connectivity index (χ2v) is 3.27. The monoisotopic (exact) mass is 220 g/mol. The van der Waals surface area contributed by atoms with E-state index in [4.69, 9.17) is 10.2 Å². The second-order valence-electron chi connectivity index (χ2n) is 3.27. The molecule has 0 heterocycles. The van der Waals surface area contributed by atoms with Gasteiger partial charge in [0.1, 0.15) is 0 Å². The van der Waals surface area contributed by atoms with Gasteiger partial charge >= 0.3 is 11.9 Å². The molecule has 0 aromatic heterocycles. The Kier molecular flexibility index (Phi) is 4.27. The van der Waals surface area contributed by atoms with Crippen molar-refractivity contribution in [3.8, 4) is 0 Å². The number of carboxylic acids is 2. The predicted molar refractivity (Wildman–Crippen MR) is 59.1 cm³/mol. The summed E-state index contributed by atoms with van der Waals surface area (Å²) in [5.41, 5.74) is 1.42. The summed E-state index contributed by atoms with van der Waals surface area (Å²) >= 11 is 0. The Hall–Kier alpha value is -2.10. The summed E-state index contributed by atoms with van der Waals surface area (Å²) in [6.45, 7) is 0. The highest BCUT2D eigenvalue weighted by Crippen LogP contribution is 2.11. The van der Waals surface area contributed by atoms with E-state index in [1.165, 1.54) is 6.08 Å². The summed E-state index contributed by atoms with van der Waals surface area (Å²) in [6.07, 6.45) is 3.00. The van der Waals surface area contributed by atoms with E-state index < -0.39 is 11.9 Å². The number of carboxylic acid groups (broad SMARTS) is 2. The summed E-state index contributed by atoms with van der Waals surface area (Å²) in [5.74, 6) is -1.81. The van der Waals surface area contributed by atoms with Crippen LogP contribution in [0, 0.1) is 0 Å². The van der Waals surface area contributed by atoms with Gasteiger partial charge in [-0.05, 0) is 11.1 Å². The van der Waals surface area contributed by atoms with Crippen molar-refractivity contribution < 1.29 is 19.8 Å². The molecule has 0 bridgehead atoms. The maximum Gasteiger partial charge on any atom is 0.307 e. The molecule has 1 aromatic carbocycles. The highest BCUT2D eigenvalue weighted by atomic mass is 16.4. The molecule has 2 N–H and O–H groups in total. The first kappa shape index (κ1) is 12.0. The molecule has 0 amide bonds. The summed E-state index contributed by atoms with van der Waals surface area (Å²) < 4.78 is 0. The molecule has 16 heavy (non-hydrogen) atoms. The molecule has 0 spiro atoms. The normalized spacial score (nSPS) is 10.5. The Morgan fingerprint density at radius 1 is 1.12 bits per heavy atom. The van der Waals surface area contributed by atoms with Gasteiger partial charge in [-0.1, -0.05) is 36.4 Å². The number of aliphatic carboxylic acids is 2. The third-order valence-corrected chi connectivity index (χ3v) is 1.99. The fourth-order valence-corrected chi connectivity index (χ4v) is 1.31. The Bertz CT molecular complexity index is 421. The Balaban J connectivity index is 2.82. The molecule has 84 valence electrons. The molecule has 4 nitrogen and oxygen atoms in total. The molecule has 0 aliphatic heterocycles. The van der Waals surface area contributed by atoms with Gasteiger partial charge in [-0.2, -0.15) is 0 Å². The van der Waals surface area contributed by atoms with Crippen molar-refractivity contribution in [2.24, 2.45) is 0 Å². The fourth-order valence-electron chi connectivity index (χ4n) is 1.31. The van der Waals surface area contributed by atoms with Crippen LogP contribution < -0.4 is 0 Å². The smallest absolute Gasteiger partial charge is 0.307 e. The first-order valence-corrected chi connectivity index (χ1v) is 4.77. The van der Waals surface area contributed by atoms with Crippen LogP contribution >= 0.6 is 0 Å². The minimum atomic E-state index is -0.910. The van der Waals surface area contributed by atoms with Gasteiger partial charge in [0, 0.05) is 0 Å². The average Bonchev–Trinajstić information content (AvgIpc) is 2.19. The summed E-state index contributed by atoms with van der Waals surface area (Å²) in [6, 6.07) is 7.02. The van der Waals surface area contributed by atoms with Crippen LogP contribution in [-0.2, 0) is 16.0 Å². The Labute approximate surface area is 92.8 Å². The minimum absolute atomic E-state index is 0.0619. The van der Waals surface area contributed by atoms with Gasteiger partial charge in [0.05, 0.1) is 12.8 Å². The molecule has 0 fully saturated rings. The lowest BCUT2D eigenvalue weighted by molar-refractivity contribution is -0.137. The van der Waals surface area contributed by atoms with E-state index in [1.807, 2.05) is 0 Å². The lowest BCUT2D eigenvalue weighted by Gasteiger charge is -2.02. The standard InChI is InChI=1S/C12H12O4/c13-11(14)7-3-6-9-4-1-2-5-10(9)8-12(15)16/h1-6H,7-8H2,(H,13,14)(H,15,16). The summed E-state index contributed by atoms with van der Waals surface area (Å²) in [5, 5.41) is 17.1. The Morgan fingerprint density at radius 3 is 2.44 bits per heavy atom. The lowest BCUT2D eigenvalue weighted by Crippen LogP contribution is -2.01. The van der Waals surface area contributed by atoms with Crippen LogP contribution in [0.3, 0.4) is 0 Å². The molecule has 1 aromatic rings. The fraction of sp³-hybridized carbons (Fsp3) is 0.167. The van der Waals surface area contributed by atoms with Crippen molar-refractivity contribution in [1.29, 1.82) is 0 Å². The third-order valence-electron chi connectivity index (χ3n) is 1.99. The van der Waals surface area contributed by atoms with E-state index in [0.717, 1.165) is 5.56 Å². The van der Waals surface area contributed by atoms with Crippen LogP contribution in [-0.4, -0.2) is 22.2 Å². The highest BCUT2D eigenvalue weighted by molar-refractivity contribution is 5.74. The van der Waals surface area contributed by atoms with Crippen molar-refractivity contribution in [2.45, 2.75) is 12.8 Å². The topological polar surface area (TPSA) is 74.6 Å². The molecule has 0 aliphatic carbocycles. The number of rotatable bonds is 5. The maximum absolute atomic E-state index is 10.6. The predicted octanol–water partition coefficient (Wildman–Crippen LogP) is 1.80. The van der Waals surface area contributed by atoms with Crippen molar-refractivity contribution in [3.63, 3.8) is 0 Å². The van der Waals surface area contributed by atoms with Crippen LogP contribution in [0.1, 0.15) is 17.5 Å². The van der Waals surface area contributed by atoms with Gasteiger partial charge in [0.25, 0.3) is 0 Å². The van der Waals surface area contributed by atoms with Crippen molar-refractivity contribution >= 4 is 18.0 Å². The van der Waals surface area contributed by atoms with Gasteiger partial charge in [-0.25, -0.2) is 0 Å². The van der Waals surface area contributed by atoms with Crippen molar-refractivity contribution in [1.82, 2.24) is 0 Å². The molecule has 4 heteroatoms. The van der Waals surface area contributed by atoms with Gasteiger partial charge in [-0.3, -0.25) is 9.59 Å². The lowest BCUT2D eigenvalue weighted by atomic mass is 10.0. The van der Waals surface area contributed by atoms with E-state index in [9.17, 15) is 9.59 Å². The number of hydrogen-bond acceptors (Lipinski definition) is 2. The molecule has 0 atom stereocenters. The summed E-state index contributed by atoms with van der Waals surface area (Å²) in [7, 11) is 0. The van der Waals surface area contributed by atoms with Crippen molar-refractivity contribution in [3.05, 3.63) is 41.5 Å². The number of hydrogen-bond donors (Lipinski definition) is 2. The number of benzene rings is 1. The molecular formula is C12H12O4. The van der Waals surface area contributed by atoms with Gasteiger partial charge in [0.15, 0.2) is 0 Å². The first-order chi connectivity index (χ1) is 7.59. The summed E-state index contributed by atoms with van der Waals surface area (Å²) in [4.78, 5) is 20.9. The Morgan fingerprint density at radius 2 is 1.81 bits per heavy atom. The van der Waals surface area contributed by atoms with E-state index in [2.05, 4.69) is 0 Å². The third kappa shape index (κ3) is 3.96. The zero-order valence-electron chi connectivity index (χ0n) is 8.59. The van der Waals surface area contributed by atoms with E-state index in [1.54, 1.807) is 30.3 Å². The van der Waals surface area contributed by atoms with Crippen LogP contribution in [0.2, 0.25) is 0 Å². The van der Waals surface area contributed by atoms with Crippen LogP contribution in [0.4, 0.5) is 0 Å². The van der Waals surface area contributed by atoms with Crippen LogP contribution in [0.5, 0.6) is 0 Å². The molecule has 0 saturated heterocycles. The molecular weight excluding hydrogens is 208 g/mol. The molecule has 1 rings (SSSR count). The minimum Gasteiger partial charge on any atom is -0.481 e. The highest BCUT2D eigenvalue weighted by Gasteiger charge is 2.03. The van der Waals surface area contributed by atoms with Crippen LogP contribution in [0.25, 0.3) is 6.08 Å². The van der Waals surface area contributed by atoms with Gasteiger partial charge < -0.3 is 10.2 Å². The molecule has 0 unspecified atom stereocenters. The SMILES string of the molecule is O=C(O)CC=Cc1ccccc1CC(=O)O. The van der Waals surface area contributed by atoms with E-state index >= 15 is 0 Å².